The summed E-state index contributed by atoms with van der Waals surface area (Å²) in [5, 5.41) is 8.55. The normalized spacial score (nSPS) is 15.1. The van der Waals surface area contributed by atoms with Crippen LogP contribution in [-0.2, 0) is 14.3 Å². The Morgan fingerprint density at radius 1 is 1.03 bits per heavy atom. The van der Waals surface area contributed by atoms with Gasteiger partial charge in [-0.2, -0.15) is 0 Å². The van der Waals surface area contributed by atoms with E-state index in [4.69, 9.17) is 9.73 Å². The highest BCUT2D eigenvalue weighted by Gasteiger charge is 2.36. The van der Waals surface area contributed by atoms with Crippen LogP contribution in [0.2, 0.25) is 0 Å². The van der Waals surface area contributed by atoms with Gasteiger partial charge in [-0.05, 0) is 50.2 Å². The Hall–Kier alpha value is -4.57. The van der Waals surface area contributed by atoms with E-state index in [9.17, 15) is 14.4 Å². The van der Waals surface area contributed by atoms with Gasteiger partial charge in [-0.15, -0.1) is 0 Å². The van der Waals surface area contributed by atoms with Crippen molar-refractivity contribution in [1.82, 2.24) is 10.3 Å². The first-order valence-corrected chi connectivity index (χ1v) is 12.5. The molecule has 1 aliphatic heterocycles. The number of nitrogens with zero attached hydrogens (tertiary/aromatic N) is 3. The molecule has 1 atom stereocenters. The molecule has 0 fully saturated rings. The van der Waals surface area contributed by atoms with Crippen LogP contribution in [0.4, 0.5) is 21.9 Å². The number of nitrogens with one attached hydrogen (secondary N) is 3. The molecule has 202 valence electrons. The molecule has 0 radical (unpaired) electrons. The van der Waals surface area contributed by atoms with Gasteiger partial charge in [-0.1, -0.05) is 30.3 Å². The van der Waals surface area contributed by atoms with Crippen LogP contribution in [0.25, 0.3) is 0 Å². The second-order valence-electron chi connectivity index (χ2n) is 9.45. The number of aromatic nitrogens is 1. The maximum absolute atomic E-state index is 13.9. The van der Waals surface area contributed by atoms with E-state index in [2.05, 4.69) is 20.9 Å². The lowest BCUT2D eigenvalue weighted by Gasteiger charge is -2.29. The molecule has 0 unspecified atom stereocenters. The van der Waals surface area contributed by atoms with E-state index in [1.807, 2.05) is 30.3 Å². The fourth-order valence-electron chi connectivity index (χ4n) is 4.06. The van der Waals surface area contributed by atoms with Crippen molar-refractivity contribution >= 4 is 40.5 Å². The third kappa shape index (κ3) is 6.29. The number of methoxy groups -OCH3 is 1. The highest BCUT2D eigenvalue weighted by atomic mass is 16.5. The molecule has 3 N–H and O–H groups in total. The van der Waals surface area contributed by atoms with Crippen molar-refractivity contribution in [1.29, 1.82) is 0 Å². The molecule has 4 rings (SSSR count). The summed E-state index contributed by atoms with van der Waals surface area (Å²) in [7, 11) is 3.24. The number of ketones is 1. The van der Waals surface area contributed by atoms with Gasteiger partial charge in [0.2, 0.25) is 0 Å². The molecule has 3 amide bonds. The minimum atomic E-state index is -1.10. The van der Waals surface area contributed by atoms with Crippen molar-refractivity contribution in [2.75, 3.05) is 42.8 Å². The maximum Gasteiger partial charge on any atom is 0.319 e. The summed E-state index contributed by atoms with van der Waals surface area (Å²) in [6, 6.07) is 18.4. The van der Waals surface area contributed by atoms with Crippen LogP contribution < -0.4 is 20.9 Å². The third-order valence-electron chi connectivity index (χ3n) is 6.54. The molecule has 0 saturated carbocycles. The van der Waals surface area contributed by atoms with Crippen molar-refractivity contribution in [2.24, 2.45) is 4.99 Å². The fourth-order valence-corrected chi connectivity index (χ4v) is 4.06. The standard InChI is InChI=1S/C29H32N6O4/c1-29(2,39-4)25(36)18-35-24-14-6-5-12-21(24)26(22-13-7-8-15-31-22)34-23(27(35)37)17-32-28(38)33-20-11-9-10-19(16-20)30-3/h5-16,23,30H,17-18H2,1-4H3,(H2,32,33,38)/t23-/m0/s1. The third-order valence-corrected chi connectivity index (χ3v) is 6.54. The summed E-state index contributed by atoms with van der Waals surface area (Å²) in [5.74, 6) is -0.700. The Morgan fingerprint density at radius 2 is 1.77 bits per heavy atom. The molecule has 10 nitrogen and oxygen atoms in total. The van der Waals surface area contributed by atoms with Gasteiger partial charge >= 0.3 is 6.03 Å². The van der Waals surface area contributed by atoms with E-state index in [0.717, 1.165) is 5.69 Å². The Balaban J connectivity index is 1.67. The Kier molecular flexibility index (Phi) is 8.36. The number of carbonyl (C=O) groups is 3. The summed E-state index contributed by atoms with van der Waals surface area (Å²) in [4.78, 5) is 50.5. The number of ether oxygens (including phenoxy) is 1. The molecule has 1 aliphatic rings. The largest absolute Gasteiger partial charge is 0.388 e. The first-order valence-electron chi connectivity index (χ1n) is 12.5. The number of hydrogen-bond donors (Lipinski definition) is 3. The number of rotatable bonds is 9. The van der Waals surface area contributed by atoms with Crippen LogP contribution in [0.15, 0.2) is 77.9 Å². The van der Waals surface area contributed by atoms with Gasteiger partial charge in [0, 0.05) is 37.3 Å². The number of pyridine rings is 1. The van der Waals surface area contributed by atoms with Crippen LogP contribution >= 0.6 is 0 Å². The average Bonchev–Trinajstić information content (AvgIpc) is 3.07. The van der Waals surface area contributed by atoms with E-state index in [1.165, 1.54) is 12.0 Å². The smallest absolute Gasteiger partial charge is 0.319 e. The first kappa shape index (κ1) is 27.5. The highest BCUT2D eigenvalue weighted by molar-refractivity contribution is 6.20. The molecular formula is C29H32N6O4. The molecule has 3 aromatic rings. The van der Waals surface area contributed by atoms with Gasteiger partial charge in [0.05, 0.1) is 30.2 Å². The van der Waals surface area contributed by atoms with Crippen molar-refractivity contribution in [3.8, 4) is 0 Å². The number of benzodiazepines with no additional fused rings is 1. The summed E-state index contributed by atoms with van der Waals surface area (Å²) in [6.45, 7) is 3.00. The maximum atomic E-state index is 13.9. The SMILES string of the molecule is CNc1cccc(NC(=O)NC[C@@H]2N=C(c3ccccn3)c3ccccc3N(CC(=O)C(C)(C)OC)C2=O)c1. The number of carbonyl (C=O) groups excluding carboxylic acids is 3. The van der Waals surface area contributed by atoms with Gasteiger partial charge in [-0.3, -0.25) is 19.6 Å². The number of hydrogen-bond acceptors (Lipinski definition) is 7. The van der Waals surface area contributed by atoms with E-state index in [0.29, 0.717) is 28.3 Å². The number of anilines is 3. The predicted molar refractivity (Wildman–Crippen MR) is 152 cm³/mol. The van der Waals surface area contributed by atoms with E-state index >= 15 is 0 Å². The van der Waals surface area contributed by atoms with Crippen LogP contribution in [0.3, 0.4) is 0 Å². The number of para-hydroxylation sites is 1. The van der Waals surface area contributed by atoms with Crippen molar-refractivity contribution in [3.05, 3.63) is 84.2 Å². The number of fused-ring (bicyclic) bond motifs is 1. The Morgan fingerprint density at radius 3 is 2.49 bits per heavy atom. The minimum Gasteiger partial charge on any atom is -0.388 e. The lowest BCUT2D eigenvalue weighted by Crippen LogP contribution is -2.49. The zero-order valence-corrected chi connectivity index (χ0v) is 22.4. The summed E-state index contributed by atoms with van der Waals surface area (Å²) < 4.78 is 5.37. The van der Waals surface area contributed by atoms with Gasteiger partial charge in [-0.25, -0.2) is 4.79 Å². The second-order valence-corrected chi connectivity index (χ2v) is 9.45. The highest BCUT2D eigenvalue weighted by Crippen LogP contribution is 2.29. The number of amides is 3. The molecule has 2 aromatic carbocycles. The van der Waals surface area contributed by atoms with Crippen molar-refractivity contribution < 1.29 is 19.1 Å². The van der Waals surface area contributed by atoms with E-state index in [1.54, 1.807) is 63.5 Å². The molecule has 10 heteroatoms. The molecule has 1 aromatic heterocycles. The van der Waals surface area contributed by atoms with Crippen molar-refractivity contribution in [2.45, 2.75) is 25.5 Å². The average molecular weight is 529 g/mol. The lowest BCUT2D eigenvalue weighted by molar-refractivity contribution is -0.136. The van der Waals surface area contributed by atoms with Crippen LogP contribution in [-0.4, -0.2) is 67.3 Å². The molecule has 0 aliphatic carbocycles. The van der Waals surface area contributed by atoms with Gasteiger partial charge in [0.1, 0.15) is 11.6 Å². The molecular weight excluding hydrogens is 496 g/mol. The fraction of sp³-hybridized carbons (Fsp3) is 0.276. The van der Waals surface area contributed by atoms with E-state index in [-0.39, 0.29) is 18.9 Å². The van der Waals surface area contributed by atoms with E-state index < -0.39 is 23.6 Å². The Bertz CT molecular complexity index is 1390. The topological polar surface area (TPSA) is 125 Å². The van der Waals surface area contributed by atoms with Gasteiger partial charge in [0.25, 0.3) is 5.91 Å². The lowest BCUT2D eigenvalue weighted by atomic mass is 10.0. The van der Waals surface area contributed by atoms with Crippen LogP contribution in [0.1, 0.15) is 25.1 Å². The minimum absolute atomic E-state index is 0.0981. The number of urea groups is 1. The molecule has 0 spiro atoms. The van der Waals surface area contributed by atoms with Crippen molar-refractivity contribution in [3.63, 3.8) is 0 Å². The predicted octanol–water partition coefficient (Wildman–Crippen LogP) is 3.49. The van der Waals surface area contributed by atoms with Crippen LogP contribution in [0.5, 0.6) is 0 Å². The summed E-state index contributed by atoms with van der Waals surface area (Å²) in [6.07, 6.45) is 1.65. The zero-order chi connectivity index (χ0) is 28.0. The Labute approximate surface area is 227 Å². The molecule has 0 saturated heterocycles. The number of aliphatic imine (C=N–C) groups is 1. The zero-order valence-electron chi connectivity index (χ0n) is 22.4. The summed E-state index contributed by atoms with van der Waals surface area (Å²) in [5.41, 5.74) is 2.59. The monoisotopic (exact) mass is 528 g/mol. The molecule has 0 bridgehead atoms. The number of benzene rings is 2. The number of Topliss-reactive ketones (excluding diaryl/α,β-unsaturated/α-hetero) is 1. The quantitative estimate of drug-likeness (QED) is 0.391. The second kappa shape index (κ2) is 11.9. The van der Waals surface area contributed by atoms with Gasteiger partial charge < -0.3 is 25.6 Å². The van der Waals surface area contributed by atoms with Crippen LogP contribution in [0, 0.1) is 0 Å². The molecule has 2 heterocycles. The summed E-state index contributed by atoms with van der Waals surface area (Å²) >= 11 is 0. The molecule has 39 heavy (non-hydrogen) atoms. The first-order chi connectivity index (χ1) is 18.7. The van der Waals surface area contributed by atoms with Gasteiger partial charge in [0.15, 0.2) is 5.78 Å².